The van der Waals surface area contributed by atoms with E-state index in [1.807, 2.05) is 13.8 Å². The van der Waals surface area contributed by atoms with E-state index in [1.54, 1.807) is 0 Å². The average Bonchev–Trinajstić information content (AvgIpc) is 2.38. The fourth-order valence-electron chi connectivity index (χ4n) is 2.74. The molecule has 1 aliphatic rings. The minimum atomic E-state index is -0.666. The van der Waals surface area contributed by atoms with E-state index < -0.39 is 5.60 Å². The lowest BCUT2D eigenvalue weighted by Crippen LogP contribution is -2.25. The van der Waals surface area contributed by atoms with Gasteiger partial charge in [-0.25, -0.2) is 0 Å². The molecule has 1 aromatic carbocycles. The second-order valence-corrected chi connectivity index (χ2v) is 6.27. The van der Waals surface area contributed by atoms with E-state index in [0.717, 1.165) is 12.3 Å². The summed E-state index contributed by atoms with van der Waals surface area (Å²) in [4.78, 5) is 0. The van der Waals surface area contributed by atoms with Gasteiger partial charge in [0.15, 0.2) is 0 Å². The van der Waals surface area contributed by atoms with Gasteiger partial charge in [0.2, 0.25) is 0 Å². The number of hydrogen-bond donors (Lipinski definition) is 2. The van der Waals surface area contributed by atoms with Crippen LogP contribution >= 0.6 is 0 Å². The second-order valence-electron chi connectivity index (χ2n) is 6.27. The molecule has 3 nitrogen and oxygen atoms in total. The van der Waals surface area contributed by atoms with Crippen LogP contribution in [0.25, 0.3) is 0 Å². The number of nitrogens with one attached hydrogen (secondary N) is 1. The Kier molecular flexibility index (Phi) is 5.06. The van der Waals surface area contributed by atoms with Crippen LogP contribution in [0.5, 0.6) is 5.75 Å². The topological polar surface area (TPSA) is 41.5 Å². The maximum Gasteiger partial charge on any atom is 0.119 e. The molecule has 1 atom stereocenters. The van der Waals surface area contributed by atoms with Crippen molar-refractivity contribution in [3.05, 3.63) is 29.3 Å². The molecule has 0 saturated heterocycles. The molecule has 1 unspecified atom stereocenters. The molecule has 0 radical (unpaired) electrons. The summed E-state index contributed by atoms with van der Waals surface area (Å²) in [7, 11) is 0. The predicted molar refractivity (Wildman–Crippen MR) is 82.2 cm³/mol. The van der Waals surface area contributed by atoms with Gasteiger partial charge in [0, 0.05) is 12.5 Å². The van der Waals surface area contributed by atoms with Crippen molar-refractivity contribution in [3.8, 4) is 5.75 Å². The molecule has 2 N–H and O–H groups in total. The lowest BCUT2D eigenvalue weighted by molar-refractivity contribution is 0.0553. The molecule has 0 amide bonds. The summed E-state index contributed by atoms with van der Waals surface area (Å²) in [6.45, 7) is 7.31. The first-order chi connectivity index (χ1) is 9.49. The number of aryl methyl sites for hydroxylation is 1. The van der Waals surface area contributed by atoms with E-state index in [1.165, 1.54) is 30.4 Å². The van der Waals surface area contributed by atoms with Crippen LogP contribution in [0.1, 0.15) is 57.2 Å². The largest absolute Gasteiger partial charge is 0.493 e. The van der Waals surface area contributed by atoms with Crippen LogP contribution in [0, 0.1) is 0 Å². The van der Waals surface area contributed by atoms with Crippen molar-refractivity contribution in [2.45, 2.75) is 58.1 Å². The van der Waals surface area contributed by atoms with Gasteiger partial charge in [-0.1, -0.05) is 13.0 Å². The fourth-order valence-corrected chi connectivity index (χ4v) is 2.74. The smallest absolute Gasteiger partial charge is 0.119 e. The van der Waals surface area contributed by atoms with Gasteiger partial charge in [-0.3, -0.25) is 0 Å². The van der Waals surface area contributed by atoms with Gasteiger partial charge in [-0.05, 0) is 62.9 Å². The quantitative estimate of drug-likeness (QED) is 0.839. The molecule has 3 heteroatoms. The standard InChI is InChI=1S/C17H27NO2/c1-4-18-16-7-5-6-13-8-9-14(12-15(13)16)20-11-10-17(2,3)19/h8-9,12,16,18-19H,4-7,10-11H2,1-3H3. The van der Waals surface area contributed by atoms with Crippen molar-refractivity contribution >= 4 is 0 Å². The monoisotopic (exact) mass is 277 g/mol. The number of hydrogen-bond acceptors (Lipinski definition) is 3. The molecule has 0 aromatic heterocycles. The zero-order chi connectivity index (χ0) is 14.6. The molecule has 0 spiro atoms. The molecule has 112 valence electrons. The minimum absolute atomic E-state index is 0.460. The van der Waals surface area contributed by atoms with Crippen LogP contribution in [0.2, 0.25) is 0 Å². The van der Waals surface area contributed by atoms with Crippen molar-refractivity contribution in [2.24, 2.45) is 0 Å². The van der Waals surface area contributed by atoms with E-state index >= 15 is 0 Å². The Morgan fingerprint density at radius 3 is 2.90 bits per heavy atom. The summed E-state index contributed by atoms with van der Waals surface area (Å²) in [5.74, 6) is 0.915. The highest BCUT2D eigenvalue weighted by Gasteiger charge is 2.20. The van der Waals surface area contributed by atoms with Crippen LogP contribution in [-0.4, -0.2) is 23.9 Å². The highest BCUT2D eigenvalue weighted by Crippen LogP contribution is 2.32. The maximum atomic E-state index is 9.71. The molecule has 0 aliphatic heterocycles. The Balaban J connectivity index is 2.03. The lowest BCUT2D eigenvalue weighted by Gasteiger charge is -2.27. The summed E-state index contributed by atoms with van der Waals surface area (Å²) >= 11 is 0. The summed E-state index contributed by atoms with van der Waals surface area (Å²) in [5, 5.41) is 13.3. The van der Waals surface area contributed by atoms with E-state index in [0.29, 0.717) is 19.1 Å². The molecule has 1 aromatic rings. The highest BCUT2D eigenvalue weighted by molar-refractivity contribution is 5.39. The lowest BCUT2D eigenvalue weighted by atomic mass is 9.87. The highest BCUT2D eigenvalue weighted by atomic mass is 16.5. The molecule has 0 fully saturated rings. The van der Waals surface area contributed by atoms with Gasteiger partial charge in [0.05, 0.1) is 12.2 Å². The average molecular weight is 277 g/mol. The number of aliphatic hydroxyl groups is 1. The van der Waals surface area contributed by atoms with Crippen LogP contribution in [-0.2, 0) is 6.42 Å². The zero-order valence-electron chi connectivity index (χ0n) is 12.9. The molecule has 2 rings (SSSR count). The van der Waals surface area contributed by atoms with Crippen molar-refractivity contribution in [2.75, 3.05) is 13.2 Å². The minimum Gasteiger partial charge on any atom is -0.493 e. The molecule has 0 heterocycles. The van der Waals surface area contributed by atoms with Crippen molar-refractivity contribution in [1.29, 1.82) is 0 Å². The summed E-state index contributed by atoms with van der Waals surface area (Å²) < 4.78 is 5.79. The number of ether oxygens (including phenoxy) is 1. The Bertz CT molecular complexity index is 437. The molecule has 1 aliphatic carbocycles. The van der Waals surface area contributed by atoms with Crippen LogP contribution in [0.3, 0.4) is 0 Å². The Morgan fingerprint density at radius 1 is 1.40 bits per heavy atom. The molecular weight excluding hydrogens is 250 g/mol. The van der Waals surface area contributed by atoms with E-state index in [9.17, 15) is 5.11 Å². The Hall–Kier alpha value is -1.06. The van der Waals surface area contributed by atoms with Crippen LogP contribution in [0.15, 0.2) is 18.2 Å². The van der Waals surface area contributed by atoms with Crippen molar-refractivity contribution in [3.63, 3.8) is 0 Å². The van der Waals surface area contributed by atoms with Gasteiger partial charge < -0.3 is 15.2 Å². The number of fused-ring (bicyclic) bond motifs is 1. The number of benzene rings is 1. The van der Waals surface area contributed by atoms with Crippen molar-refractivity contribution < 1.29 is 9.84 Å². The van der Waals surface area contributed by atoms with E-state index in [2.05, 4.69) is 30.4 Å². The molecular formula is C17H27NO2. The first kappa shape index (κ1) is 15.3. The van der Waals surface area contributed by atoms with E-state index in [4.69, 9.17) is 4.74 Å². The first-order valence-electron chi connectivity index (χ1n) is 7.71. The third-order valence-electron chi connectivity index (χ3n) is 3.86. The van der Waals surface area contributed by atoms with Crippen LogP contribution in [0.4, 0.5) is 0 Å². The second kappa shape index (κ2) is 6.59. The summed E-state index contributed by atoms with van der Waals surface area (Å²) in [5.41, 5.74) is 2.16. The van der Waals surface area contributed by atoms with Gasteiger partial charge in [-0.2, -0.15) is 0 Å². The van der Waals surface area contributed by atoms with Gasteiger partial charge in [0.25, 0.3) is 0 Å². The molecule has 0 bridgehead atoms. The molecule has 0 saturated carbocycles. The third-order valence-corrected chi connectivity index (χ3v) is 3.86. The van der Waals surface area contributed by atoms with E-state index in [-0.39, 0.29) is 0 Å². The fraction of sp³-hybridized carbons (Fsp3) is 0.647. The van der Waals surface area contributed by atoms with Crippen molar-refractivity contribution in [1.82, 2.24) is 5.32 Å². The maximum absolute atomic E-state index is 9.71. The normalized spacial score (nSPS) is 18.7. The number of rotatable bonds is 6. The Morgan fingerprint density at radius 2 is 2.20 bits per heavy atom. The Labute approximate surface area is 122 Å². The zero-order valence-corrected chi connectivity index (χ0v) is 12.9. The SMILES string of the molecule is CCNC1CCCc2ccc(OCCC(C)(C)O)cc21. The van der Waals surface area contributed by atoms with Crippen LogP contribution < -0.4 is 10.1 Å². The molecule has 20 heavy (non-hydrogen) atoms. The third kappa shape index (κ3) is 4.22. The van der Waals surface area contributed by atoms with Gasteiger partial charge in [0.1, 0.15) is 5.75 Å². The summed E-state index contributed by atoms with van der Waals surface area (Å²) in [6, 6.07) is 6.88. The van der Waals surface area contributed by atoms with Gasteiger partial charge >= 0.3 is 0 Å². The first-order valence-corrected chi connectivity index (χ1v) is 7.71. The predicted octanol–water partition coefficient (Wildman–Crippen LogP) is 3.21. The van der Waals surface area contributed by atoms with Gasteiger partial charge in [-0.15, -0.1) is 0 Å². The summed E-state index contributed by atoms with van der Waals surface area (Å²) in [6.07, 6.45) is 4.26.